The Bertz CT molecular complexity index is 989. The van der Waals surface area contributed by atoms with E-state index in [9.17, 15) is 0 Å². The highest BCUT2D eigenvalue weighted by Gasteiger charge is 2.14. The normalized spacial score (nSPS) is 11.2. The molecule has 2 aromatic carbocycles. The Labute approximate surface area is 142 Å². The quantitative estimate of drug-likeness (QED) is 0.555. The molecule has 0 aliphatic carbocycles. The summed E-state index contributed by atoms with van der Waals surface area (Å²) < 4.78 is 1.81. The Hall–Kier alpha value is -2.24. The molecule has 0 unspecified atom stereocenters. The van der Waals surface area contributed by atoms with Crippen molar-refractivity contribution in [2.45, 2.75) is 13.3 Å². The van der Waals surface area contributed by atoms with Crippen molar-refractivity contribution in [1.29, 1.82) is 0 Å². The summed E-state index contributed by atoms with van der Waals surface area (Å²) >= 11 is 7.77. The van der Waals surface area contributed by atoms with Gasteiger partial charge in [-0.25, -0.2) is 0 Å². The first-order chi connectivity index (χ1) is 11.2. The highest BCUT2D eigenvalue weighted by molar-refractivity contribution is 7.16. The Kier molecular flexibility index (Phi) is 3.59. The third kappa shape index (κ3) is 2.73. The SMILES string of the molecule is Cc1cccc(-c2nnc3sc(Cc4ccccc4Cl)nn23)c1. The standard InChI is InChI=1S/C17H13ClN4S/c1-11-5-4-7-13(9-11)16-19-20-17-22(16)21-15(23-17)10-12-6-2-3-8-14(12)18/h2-9H,10H2,1H3. The first-order valence-corrected chi connectivity index (χ1v) is 8.42. The molecule has 0 spiro atoms. The number of halogens is 1. The van der Waals surface area contributed by atoms with Gasteiger partial charge in [0.2, 0.25) is 4.96 Å². The van der Waals surface area contributed by atoms with Gasteiger partial charge in [-0.3, -0.25) is 0 Å². The van der Waals surface area contributed by atoms with Gasteiger partial charge in [0.05, 0.1) is 0 Å². The molecule has 4 aromatic rings. The number of nitrogens with zero attached hydrogens (tertiary/aromatic N) is 4. The molecule has 114 valence electrons. The van der Waals surface area contributed by atoms with Crippen molar-refractivity contribution < 1.29 is 0 Å². The molecule has 23 heavy (non-hydrogen) atoms. The number of aryl methyl sites for hydroxylation is 1. The fourth-order valence-corrected chi connectivity index (χ4v) is 3.56. The van der Waals surface area contributed by atoms with Crippen molar-refractivity contribution in [1.82, 2.24) is 19.8 Å². The molecular formula is C17H13ClN4S. The van der Waals surface area contributed by atoms with Crippen molar-refractivity contribution >= 4 is 27.9 Å². The van der Waals surface area contributed by atoms with Crippen molar-refractivity contribution in [3.8, 4) is 11.4 Å². The molecule has 4 nitrogen and oxygen atoms in total. The summed E-state index contributed by atoms with van der Waals surface area (Å²) in [5, 5.41) is 14.9. The van der Waals surface area contributed by atoms with Gasteiger partial charge in [0.15, 0.2) is 5.82 Å². The third-order valence-corrected chi connectivity index (χ3v) is 4.88. The first-order valence-electron chi connectivity index (χ1n) is 7.22. The predicted molar refractivity (Wildman–Crippen MR) is 93.1 cm³/mol. The second-order valence-corrected chi connectivity index (χ2v) is 6.80. The van der Waals surface area contributed by atoms with Gasteiger partial charge in [-0.1, -0.05) is 64.9 Å². The van der Waals surface area contributed by atoms with Gasteiger partial charge in [-0.15, -0.1) is 10.2 Å². The van der Waals surface area contributed by atoms with Crippen LogP contribution in [0.3, 0.4) is 0 Å². The Morgan fingerprint density at radius 3 is 2.78 bits per heavy atom. The summed E-state index contributed by atoms with van der Waals surface area (Å²) in [7, 11) is 0. The van der Waals surface area contributed by atoms with E-state index in [4.69, 9.17) is 11.6 Å². The van der Waals surface area contributed by atoms with E-state index in [2.05, 4.69) is 34.4 Å². The Morgan fingerprint density at radius 2 is 1.96 bits per heavy atom. The Balaban J connectivity index is 1.74. The number of fused-ring (bicyclic) bond motifs is 1. The molecule has 0 saturated heterocycles. The van der Waals surface area contributed by atoms with E-state index in [1.165, 1.54) is 5.56 Å². The van der Waals surface area contributed by atoms with Crippen LogP contribution in [0.1, 0.15) is 16.1 Å². The monoisotopic (exact) mass is 340 g/mol. The molecule has 2 aromatic heterocycles. The lowest BCUT2D eigenvalue weighted by Crippen LogP contribution is -1.94. The van der Waals surface area contributed by atoms with E-state index in [0.29, 0.717) is 6.42 Å². The van der Waals surface area contributed by atoms with E-state index in [1.807, 2.05) is 40.9 Å². The van der Waals surface area contributed by atoms with Gasteiger partial charge in [0, 0.05) is 17.0 Å². The number of aromatic nitrogens is 4. The summed E-state index contributed by atoms with van der Waals surface area (Å²) in [6.07, 6.45) is 0.695. The smallest absolute Gasteiger partial charge is 0.183 e. The lowest BCUT2D eigenvalue weighted by atomic mass is 10.1. The predicted octanol–water partition coefficient (Wildman–Crippen LogP) is 4.41. The number of rotatable bonds is 3. The van der Waals surface area contributed by atoms with Crippen molar-refractivity contribution in [3.05, 3.63) is 69.7 Å². The molecule has 0 N–H and O–H groups in total. The zero-order valence-electron chi connectivity index (χ0n) is 12.4. The van der Waals surface area contributed by atoms with E-state index in [-0.39, 0.29) is 0 Å². The fraction of sp³-hybridized carbons (Fsp3) is 0.118. The summed E-state index contributed by atoms with van der Waals surface area (Å²) in [4.78, 5) is 0.795. The molecule has 0 atom stereocenters. The van der Waals surface area contributed by atoms with E-state index < -0.39 is 0 Å². The molecule has 0 aliphatic heterocycles. The van der Waals surface area contributed by atoms with E-state index in [1.54, 1.807) is 11.3 Å². The van der Waals surface area contributed by atoms with Gasteiger partial charge in [-0.2, -0.15) is 9.61 Å². The van der Waals surface area contributed by atoms with Crippen LogP contribution >= 0.6 is 22.9 Å². The highest BCUT2D eigenvalue weighted by atomic mass is 35.5. The molecule has 0 saturated carbocycles. The van der Waals surface area contributed by atoms with Crippen LogP contribution < -0.4 is 0 Å². The van der Waals surface area contributed by atoms with Gasteiger partial charge < -0.3 is 0 Å². The minimum absolute atomic E-state index is 0.695. The van der Waals surface area contributed by atoms with E-state index >= 15 is 0 Å². The van der Waals surface area contributed by atoms with Gasteiger partial charge >= 0.3 is 0 Å². The first kappa shape index (κ1) is 14.4. The zero-order valence-corrected chi connectivity index (χ0v) is 14.0. The van der Waals surface area contributed by atoms with E-state index in [0.717, 1.165) is 31.9 Å². The van der Waals surface area contributed by atoms with Crippen molar-refractivity contribution in [2.75, 3.05) is 0 Å². The summed E-state index contributed by atoms with van der Waals surface area (Å²) in [5.41, 5.74) is 3.27. The number of hydrogen-bond acceptors (Lipinski definition) is 4. The van der Waals surface area contributed by atoms with Gasteiger partial charge in [0.1, 0.15) is 5.01 Å². The molecule has 4 rings (SSSR count). The maximum Gasteiger partial charge on any atom is 0.234 e. The van der Waals surface area contributed by atoms with Crippen LogP contribution in [-0.4, -0.2) is 19.8 Å². The molecule has 0 fully saturated rings. The molecule has 0 aliphatic rings. The van der Waals surface area contributed by atoms with Gasteiger partial charge in [0.25, 0.3) is 0 Å². The zero-order chi connectivity index (χ0) is 15.8. The molecule has 0 radical (unpaired) electrons. The van der Waals surface area contributed by atoms with Crippen molar-refractivity contribution in [3.63, 3.8) is 0 Å². The number of hydrogen-bond donors (Lipinski definition) is 0. The molecule has 0 bridgehead atoms. The minimum atomic E-state index is 0.695. The highest BCUT2D eigenvalue weighted by Crippen LogP contribution is 2.25. The van der Waals surface area contributed by atoms with Crippen LogP contribution in [0.4, 0.5) is 0 Å². The lowest BCUT2D eigenvalue weighted by Gasteiger charge is -2.00. The molecular weight excluding hydrogens is 328 g/mol. The van der Waals surface area contributed by atoms with Crippen LogP contribution in [0, 0.1) is 6.92 Å². The minimum Gasteiger partial charge on any atom is -0.183 e. The Morgan fingerprint density at radius 1 is 1.09 bits per heavy atom. The van der Waals surface area contributed by atoms with Crippen molar-refractivity contribution in [2.24, 2.45) is 0 Å². The summed E-state index contributed by atoms with van der Waals surface area (Å²) in [6, 6.07) is 16.0. The fourth-order valence-electron chi connectivity index (χ4n) is 2.50. The summed E-state index contributed by atoms with van der Waals surface area (Å²) in [6.45, 7) is 2.06. The third-order valence-electron chi connectivity index (χ3n) is 3.61. The lowest BCUT2D eigenvalue weighted by molar-refractivity contribution is 0.917. The summed E-state index contributed by atoms with van der Waals surface area (Å²) in [5.74, 6) is 0.769. The van der Waals surface area contributed by atoms with Crippen LogP contribution in [0.25, 0.3) is 16.3 Å². The second-order valence-electron chi connectivity index (χ2n) is 5.35. The van der Waals surface area contributed by atoms with Crippen LogP contribution in [0.15, 0.2) is 48.5 Å². The average molecular weight is 341 g/mol. The molecule has 6 heteroatoms. The topological polar surface area (TPSA) is 43.1 Å². The van der Waals surface area contributed by atoms with Crippen LogP contribution in [-0.2, 0) is 6.42 Å². The molecule has 2 heterocycles. The maximum absolute atomic E-state index is 6.23. The maximum atomic E-state index is 6.23. The van der Waals surface area contributed by atoms with Gasteiger partial charge in [-0.05, 0) is 24.6 Å². The second kappa shape index (κ2) is 5.76. The average Bonchev–Trinajstić information content (AvgIpc) is 3.09. The molecule has 0 amide bonds. The van der Waals surface area contributed by atoms with Crippen LogP contribution in [0.2, 0.25) is 5.02 Å². The number of benzene rings is 2. The largest absolute Gasteiger partial charge is 0.234 e. The van der Waals surface area contributed by atoms with Crippen LogP contribution in [0.5, 0.6) is 0 Å².